The predicted molar refractivity (Wildman–Crippen MR) is 80.4 cm³/mol. The van der Waals surface area contributed by atoms with Gasteiger partial charge in [-0.05, 0) is 25.0 Å². The molecule has 114 valence electrons. The summed E-state index contributed by atoms with van der Waals surface area (Å²) >= 11 is 0. The summed E-state index contributed by atoms with van der Waals surface area (Å²) in [7, 11) is 0. The number of ether oxygens (including phenoxy) is 1. The van der Waals surface area contributed by atoms with Gasteiger partial charge >= 0.3 is 5.97 Å². The molecule has 1 aromatic rings. The SMILES string of the molecule is C=C(C)COCCNC(=O)CCc1ccccc1C(=O)O. The van der Waals surface area contributed by atoms with Crippen LogP contribution in [0.2, 0.25) is 0 Å². The van der Waals surface area contributed by atoms with Crippen molar-refractivity contribution in [1.82, 2.24) is 5.32 Å². The molecule has 1 aromatic carbocycles. The van der Waals surface area contributed by atoms with Crippen molar-refractivity contribution in [2.24, 2.45) is 0 Å². The summed E-state index contributed by atoms with van der Waals surface area (Å²) in [6.45, 7) is 6.95. The standard InChI is InChI=1S/C16H21NO4/c1-12(2)11-21-10-9-17-15(18)8-7-13-5-3-4-6-14(13)16(19)20/h3-6H,1,7-11H2,2H3,(H,17,18)(H,19,20). The fourth-order valence-electron chi connectivity index (χ4n) is 1.79. The van der Waals surface area contributed by atoms with Gasteiger partial charge in [-0.25, -0.2) is 4.79 Å². The molecule has 0 saturated heterocycles. The molecular weight excluding hydrogens is 270 g/mol. The number of carboxylic acids is 1. The molecule has 0 spiro atoms. The first-order valence-corrected chi connectivity index (χ1v) is 6.80. The average molecular weight is 291 g/mol. The smallest absolute Gasteiger partial charge is 0.335 e. The van der Waals surface area contributed by atoms with Gasteiger partial charge in [-0.15, -0.1) is 0 Å². The number of aromatic carboxylic acids is 1. The molecule has 0 aliphatic rings. The molecule has 0 aliphatic carbocycles. The highest BCUT2D eigenvalue weighted by Crippen LogP contribution is 2.11. The monoisotopic (exact) mass is 291 g/mol. The minimum atomic E-state index is -0.973. The molecule has 5 nitrogen and oxygen atoms in total. The molecule has 0 atom stereocenters. The molecule has 1 rings (SSSR count). The van der Waals surface area contributed by atoms with E-state index in [0.29, 0.717) is 31.7 Å². The Morgan fingerprint density at radius 2 is 2.05 bits per heavy atom. The Bertz CT molecular complexity index is 511. The Morgan fingerprint density at radius 3 is 2.71 bits per heavy atom. The fourth-order valence-corrected chi connectivity index (χ4v) is 1.79. The zero-order valence-electron chi connectivity index (χ0n) is 12.2. The first-order chi connectivity index (χ1) is 10.0. The minimum Gasteiger partial charge on any atom is -0.478 e. The zero-order valence-corrected chi connectivity index (χ0v) is 12.2. The van der Waals surface area contributed by atoms with E-state index in [1.807, 2.05) is 6.92 Å². The van der Waals surface area contributed by atoms with E-state index >= 15 is 0 Å². The van der Waals surface area contributed by atoms with Gasteiger partial charge in [0, 0.05) is 13.0 Å². The summed E-state index contributed by atoms with van der Waals surface area (Å²) < 4.78 is 5.27. The zero-order chi connectivity index (χ0) is 15.7. The highest BCUT2D eigenvalue weighted by molar-refractivity contribution is 5.89. The molecule has 0 saturated carbocycles. The van der Waals surface area contributed by atoms with Gasteiger partial charge in [-0.2, -0.15) is 0 Å². The van der Waals surface area contributed by atoms with Crippen LogP contribution in [0.3, 0.4) is 0 Å². The normalized spacial score (nSPS) is 10.1. The van der Waals surface area contributed by atoms with Crippen molar-refractivity contribution in [3.63, 3.8) is 0 Å². The van der Waals surface area contributed by atoms with Gasteiger partial charge in [0.2, 0.25) is 5.91 Å². The lowest BCUT2D eigenvalue weighted by Crippen LogP contribution is -2.27. The average Bonchev–Trinajstić information content (AvgIpc) is 2.44. The summed E-state index contributed by atoms with van der Waals surface area (Å²) in [5.74, 6) is -1.09. The third kappa shape index (κ3) is 6.72. The number of amides is 1. The number of carbonyl (C=O) groups is 2. The molecule has 0 aliphatic heterocycles. The lowest BCUT2D eigenvalue weighted by atomic mass is 10.0. The molecule has 0 fully saturated rings. The maximum atomic E-state index is 11.7. The number of rotatable bonds is 9. The van der Waals surface area contributed by atoms with Gasteiger partial charge in [0.15, 0.2) is 0 Å². The van der Waals surface area contributed by atoms with Gasteiger partial charge in [-0.1, -0.05) is 30.4 Å². The van der Waals surface area contributed by atoms with Crippen LogP contribution >= 0.6 is 0 Å². The first kappa shape index (κ1) is 16.9. The predicted octanol–water partition coefficient (Wildman–Crippen LogP) is 2.03. The molecule has 0 aromatic heterocycles. The summed E-state index contributed by atoms with van der Waals surface area (Å²) in [4.78, 5) is 22.7. The van der Waals surface area contributed by atoms with Gasteiger partial charge < -0.3 is 15.2 Å². The van der Waals surface area contributed by atoms with E-state index in [2.05, 4.69) is 11.9 Å². The third-order valence-corrected chi connectivity index (χ3v) is 2.79. The largest absolute Gasteiger partial charge is 0.478 e. The fraction of sp³-hybridized carbons (Fsp3) is 0.375. The van der Waals surface area contributed by atoms with E-state index < -0.39 is 5.97 Å². The molecule has 21 heavy (non-hydrogen) atoms. The van der Waals surface area contributed by atoms with E-state index in [4.69, 9.17) is 9.84 Å². The van der Waals surface area contributed by atoms with Crippen molar-refractivity contribution in [2.45, 2.75) is 19.8 Å². The van der Waals surface area contributed by atoms with Crippen LogP contribution in [0.15, 0.2) is 36.4 Å². The second kappa shape index (κ2) is 8.92. The van der Waals surface area contributed by atoms with Crippen LogP contribution in [0.1, 0.15) is 29.3 Å². The van der Waals surface area contributed by atoms with E-state index in [0.717, 1.165) is 5.57 Å². The highest BCUT2D eigenvalue weighted by atomic mass is 16.5. The van der Waals surface area contributed by atoms with Gasteiger partial charge in [0.05, 0.1) is 18.8 Å². The van der Waals surface area contributed by atoms with Crippen LogP contribution in [0.5, 0.6) is 0 Å². The van der Waals surface area contributed by atoms with Crippen molar-refractivity contribution in [3.05, 3.63) is 47.5 Å². The highest BCUT2D eigenvalue weighted by Gasteiger charge is 2.10. The second-order valence-corrected chi connectivity index (χ2v) is 4.82. The maximum Gasteiger partial charge on any atom is 0.335 e. The lowest BCUT2D eigenvalue weighted by Gasteiger charge is -2.08. The van der Waals surface area contributed by atoms with Crippen molar-refractivity contribution in [1.29, 1.82) is 0 Å². The lowest BCUT2D eigenvalue weighted by molar-refractivity contribution is -0.121. The number of hydrogen-bond donors (Lipinski definition) is 2. The van der Waals surface area contributed by atoms with Crippen LogP contribution in [0.25, 0.3) is 0 Å². The molecule has 0 unspecified atom stereocenters. The van der Waals surface area contributed by atoms with Crippen LogP contribution in [0.4, 0.5) is 0 Å². The Kier molecular flexibility index (Phi) is 7.18. The number of nitrogens with one attached hydrogen (secondary N) is 1. The van der Waals surface area contributed by atoms with Crippen LogP contribution in [-0.4, -0.2) is 36.7 Å². The van der Waals surface area contributed by atoms with Gasteiger partial charge in [-0.3, -0.25) is 4.79 Å². The summed E-state index contributed by atoms with van der Waals surface area (Å²) in [5, 5.41) is 11.8. The van der Waals surface area contributed by atoms with Crippen LogP contribution < -0.4 is 5.32 Å². The molecule has 0 heterocycles. The van der Waals surface area contributed by atoms with Gasteiger partial charge in [0.1, 0.15) is 0 Å². The Balaban J connectivity index is 2.30. The van der Waals surface area contributed by atoms with E-state index in [9.17, 15) is 9.59 Å². The quantitative estimate of drug-likeness (QED) is 0.539. The maximum absolute atomic E-state index is 11.7. The number of benzene rings is 1. The van der Waals surface area contributed by atoms with E-state index in [1.165, 1.54) is 0 Å². The second-order valence-electron chi connectivity index (χ2n) is 4.82. The van der Waals surface area contributed by atoms with Crippen molar-refractivity contribution < 1.29 is 19.4 Å². The molecule has 0 radical (unpaired) electrons. The number of hydrogen-bond acceptors (Lipinski definition) is 3. The molecule has 5 heteroatoms. The number of aryl methyl sites for hydroxylation is 1. The summed E-state index contributed by atoms with van der Waals surface area (Å²) in [6.07, 6.45) is 0.658. The molecular formula is C16H21NO4. The van der Waals surface area contributed by atoms with E-state index in [-0.39, 0.29) is 17.9 Å². The van der Waals surface area contributed by atoms with Gasteiger partial charge in [0.25, 0.3) is 0 Å². The minimum absolute atomic E-state index is 0.117. The van der Waals surface area contributed by atoms with E-state index in [1.54, 1.807) is 24.3 Å². The molecule has 1 amide bonds. The third-order valence-electron chi connectivity index (χ3n) is 2.79. The topological polar surface area (TPSA) is 75.6 Å². The Hall–Kier alpha value is -2.14. The molecule has 2 N–H and O–H groups in total. The Labute approximate surface area is 124 Å². The van der Waals surface area contributed by atoms with Crippen molar-refractivity contribution in [2.75, 3.05) is 19.8 Å². The van der Waals surface area contributed by atoms with Crippen molar-refractivity contribution in [3.8, 4) is 0 Å². The summed E-state index contributed by atoms with van der Waals surface area (Å²) in [6, 6.07) is 6.71. The van der Waals surface area contributed by atoms with Crippen molar-refractivity contribution >= 4 is 11.9 Å². The Morgan fingerprint density at radius 1 is 1.33 bits per heavy atom. The number of carboxylic acid groups (broad SMARTS) is 1. The molecule has 0 bridgehead atoms. The number of carbonyl (C=O) groups excluding carboxylic acids is 1. The summed E-state index contributed by atoms with van der Waals surface area (Å²) in [5.41, 5.74) is 1.85. The van der Waals surface area contributed by atoms with Crippen LogP contribution in [0, 0.1) is 0 Å². The first-order valence-electron chi connectivity index (χ1n) is 6.80. The van der Waals surface area contributed by atoms with Crippen LogP contribution in [-0.2, 0) is 16.0 Å².